The molecule has 0 aromatic carbocycles. The molecule has 0 saturated carbocycles. The van der Waals surface area contributed by atoms with Crippen LogP contribution in [0.4, 0.5) is 11.8 Å². The van der Waals surface area contributed by atoms with Gasteiger partial charge in [0.25, 0.3) is 0 Å². The van der Waals surface area contributed by atoms with Crippen molar-refractivity contribution in [1.82, 2.24) is 9.97 Å². The van der Waals surface area contributed by atoms with Gasteiger partial charge in [-0.1, -0.05) is 0 Å². The van der Waals surface area contributed by atoms with E-state index in [0.717, 1.165) is 18.0 Å². The monoisotopic (exact) mass is 166 g/mol. The van der Waals surface area contributed by atoms with E-state index in [9.17, 15) is 0 Å². The predicted molar refractivity (Wildman–Crippen MR) is 45.2 cm³/mol. The number of nitrogen functional groups attached to an aromatic ring is 1. The van der Waals surface area contributed by atoms with Gasteiger partial charge in [-0.3, -0.25) is 0 Å². The van der Waals surface area contributed by atoms with E-state index in [-0.39, 0.29) is 5.95 Å². The van der Waals surface area contributed by atoms with Crippen molar-refractivity contribution in [2.75, 3.05) is 24.2 Å². The largest absolute Gasteiger partial charge is 0.486 e. The van der Waals surface area contributed by atoms with E-state index >= 15 is 0 Å². The number of ether oxygens (including phenoxy) is 1. The van der Waals surface area contributed by atoms with Crippen LogP contribution < -0.4 is 15.8 Å². The summed E-state index contributed by atoms with van der Waals surface area (Å²) in [4.78, 5) is 7.99. The van der Waals surface area contributed by atoms with E-state index < -0.39 is 0 Å². The minimum Gasteiger partial charge on any atom is -0.486 e. The summed E-state index contributed by atoms with van der Waals surface area (Å²) < 4.78 is 5.37. The van der Waals surface area contributed by atoms with Gasteiger partial charge >= 0.3 is 0 Å². The zero-order valence-electron chi connectivity index (χ0n) is 6.79. The lowest BCUT2D eigenvalue weighted by Gasteiger charge is -2.19. The van der Waals surface area contributed by atoms with Gasteiger partial charge in [-0.05, 0) is 6.92 Å². The third-order valence-corrected chi connectivity index (χ3v) is 1.69. The van der Waals surface area contributed by atoms with Crippen molar-refractivity contribution >= 4 is 11.8 Å². The maximum Gasteiger partial charge on any atom is 0.222 e. The van der Waals surface area contributed by atoms with Crippen LogP contribution in [0, 0.1) is 6.92 Å². The third-order valence-electron chi connectivity index (χ3n) is 1.69. The van der Waals surface area contributed by atoms with E-state index in [1.807, 2.05) is 6.92 Å². The molecule has 12 heavy (non-hydrogen) atoms. The van der Waals surface area contributed by atoms with Gasteiger partial charge in [0, 0.05) is 0 Å². The van der Waals surface area contributed by atoms with E-state index in [1.54, 1.807) is 0 Å². The van der Waals surface area contributed by atoms with E-state index in [1.165, 1.54) is 0 Å². The van der Waals surface area contributed by atoms with Crippen molar-refractivity contribution in [2.45, 2.75) is 6.92 Å². The van der Waals surface area contributed by atoms with Gasteiger partial charge in [-0.2, -0.15) is 4.98 Å². The number of nitrogens with zero attached hydrogens (tertiary/aromatic N) is 2. The van der Waals surface area contributed by atoms with Crippen LogP contribution in [0.15, 0.2) is 0 Å². The number of aromatic nitrogens is 2. The molecule has 0 atom stereocenters. The van der Waals surface area contributed by atoms with E-state index in [0.29, 0.717) is 12.4 Å². The molecule has 0 spiro atoms. The van der Waals surface area contributed by atoms with Gasteiger partial charge in [-0.15, -0.1) is 0 Å². The Morgan fingerprint density at radius 1 is 1.50 bits per heavy atom. The molecule has 0 aliphatic carbocycles. The molecule has 5 heteroatoms. The predicted octanol–water partition coefficient (Wildman–Crippen LogP) is 0.172. The van der Waals surface area contributed by atoms with Gasteiger partial charge in [-0.25, -0.2) is 4.98 Å². The second-order valence-corrected chi connectivity index (χ2v) is 2.62. The minimum absolute atomic E-state index is 0.282. The molecule has 64 valence electrons. The molecule has 1 aromatic rings. The Hall–Kier alpha value is -1.52. The second-order valence-electron chi connectivity index (χ2n) is 2.62. The maximum absolute atomic E-state index is 5.46. The van der Waals surface area contributed by atoms with E-state index in [4.69, 9.17) is 10.5 Å². The highest BCUT2D eigenvalue weighted by Gasteiger charge is 2.14. The summed E-state index contributed by atoms with van der Waals surface area (Å²) in [6, 6.07) is 0. The maximum atomic E-state index is 5.46. The van der Waals surface area contributed by atoms with Crippen LogP contribution in [0.5, 0.6) is 5.75 Å². The first-order valence-electron chi connectivity index (χ1n) is 3.78. The van der Waals surface area contributed by atoms with Crippen molar-refractivity contribution < 1.29 is 4.74 Å². The van der Waals surface area contributed by atoms with Crippen LogP contribution in [-0.2, 0) is 0 Å². The smallest absolute Gasteiger partial charge is 0.222 e. The van der Waals surface area contributed by atoms with Crippen molar-refractivity contribution in [3.05, 3.63) is 5.69 Å². The van der Waals surface area contributed by atoms with Crippen LogP contribution in [0.2, 0.25) is 0 Å². The summed E-state index contributed by atoms with van der Waals surface area (Å²) in [5, 5.41) is 3.09. The summed E-state index contributed by atoms with van der Waals surface area (Å²) in [6.07, 6.45) is 0. The molecule has 0 fully saturated rings. The van der Waals surface area contributed by atoms with Crippen molar-refractivity contribution in [3.8, 4) is 5.75 Å². The number of hydrogen-bond donors (Lipinski definition) is 2. The Labute approximate surface area is 70.0 Å². The first-order valence-corrected chi connectivity index (χ1v) is 3.78. The normalized spacial score (nSPS) is 14.4. The molecule has 1 aliphatic rings. The highest BCUT2D eigenvalue weighted by Crippen LogP contribution is 2.27. The number of hydrogen-bond acceptors (Lipinski definition) is 5. The Morgan fingerprint density at radius 2 is 2.33 bits per heavy atom. The average molecular weight is 166 g/mol. The number of rotatable bonds is 0. The summed E-state index contributed by atoms with van der Waals surface area (Å²) in [7, 11) is 0. The fourth-order valence-corrected chi connectivity index (χ4v) is 1.20. The molecule has 1 aromatic heterocycles. The van der Waals surface area contributed by atoms with Crippen LogP contribution in [0.3, 0.4) is 0 Å². The van der Waals surface area contributed by atoms with Crippen LogP contribution in [0.25, 0.3) is 0 Å². The molecule has 0 saturated heterocycles. The molecular formula is C7H10N4O. The highest BCUT2D eigenvalue weighted by atomic mass is 16.5. The van der Waals surface area contributed by atoms with E-state index in [2.05, 4.69) is 15.3 Å². The summed E-state index contributed by atoms with van der Waals surface area (Å²) in [6.45, 7) is 3.27. The first-order chi connectivity index (χ1) is 5.77. The molecule has 2 rings (SSSR count). The minimum atomic E-state index is 0.282. The zero-order chi connectivity index (χ0) is 8.55. The first kappa shape index (κ1) is 7.15. The molecule has 3 N–H and O–H groups in total. The molecular weight excluding hydrogens is 156 g/mol. The quantitative estimate of drug-likeness (QED) is 0.574. The lowest BCUT2D eigenvalue weighted by atomic mass is 10.3. The molecule has 0 radical (unpaired) electrons. The number of aryl methyl sites for hydroxylation is 1. The van der Waals surface area contributed by atoms with Crippen LogP contribution >= 0.6 is 0 Å². The number of fused-ring (bicyclic) bond motifs is 1. The topological polar surface area (TPSA) is 73.1 Å². The fraction of sp³-hybridized carbons (Fsp3) is 0.429. The van der Waals surface area contributed by atoms with Gasteiger partial charge in [0.05, 0.1) is 12.2 Å². The number of nitrogens with two attached hydrogens (primary N) is 1. The summed E-state index contributed by atoms with van der Waals surface area (Å²) in [5.74, 6) is 1.70. The third kappa shape index (κ3) is 1.03. The van der Waals surface area contributed by atoms with Crippen LogP contribution in [-0.4, -0.2) is 23.1 Å². The Kier molecular flexibility index (Phi) is 1.49. The average Bonchev–Trinajstić information content (AvgIpc) is 2.04. The van der Waals surface area contributed by atoms with Crippen molar-refractivity contribution in [1.29, 1.82) is 0 Å². The fourth-order valence-electron chi connectivity index (χ4n) is 1.20. The highest BCUT2D eigenvalue weighted by molar-refractivity contribution is 5.55. The summed E-state index contributed by atoms with van der Waals surface area (Å²) >= 11 is 0. The van der Waals surface area contributed by atoms with Crippen LogP contribution in [0.1, 0.15) is 5.69 Å². The molecule has 0 amide bonds. The number of anilines is 2. The molecule has 1 aliphatic heterocycles. The SMILES string of the molecule is Cc1nc(N)nc2c1OCCN2. The zero-order valence-corrected chi connectivity index (χ0v) is 6.79. The van der Waals surface area contributed by atoms with Crippen molar-refractivity contribution in [3.63, 3.8) is 0 Å². The number of nitrogens with one attached hydrogen (secondary N) is 1. The standard InChI is InChI=1S/C7H10N4O/c1-4-5-6(9-2-3-12-5)11-7(8)10-4/h2-3H2,1H3,(H3,8,9,10,11). The lowest BCUT2D eigenvalue weighted by Crippen LogP contribution is -2.20. The van der Waals surface area contributed by atoms with Gasteiger partial charge in [0.2, 0.25) is 5.95 Å². The Balaban J connectivity index is 2.53. The molecule has 5 nitrogen and oxygen atoms in total. The van der Waals surface area contributed by atoms with Gasteiger partial charge < -0.3 is 15.8 Å². The molecule has 0 bridgehead atoms. The van der Waals surface area contributed by atoms with Gasteiger partial charge in [0.15, 0.2) is 11.6 Å². The molecule has 0 unspecified atom stereocenters. The second kappa shape index (κ2) is 2.51. The molecule has 2 heterocycles. The lowest BCUT2D eigenvalue weighted by molar-refractivity contribution is 0.317. The Morgan fingerprint density at radius 3 is 3.17 bits per heavy atom. The summed E-state index contributed by atoms with van der Waals surface area (Å²) in [5.41, 5.74) is 6.25. The Bertz CT molecular complexity index is 313. The van der Waals surface area contributed by atoms with Crippen molar-refractivity contribution in [2.24, 2.45) is 0 Å². The van der Waals surface area contributed by atoms with Gasteiger partial charge in [0.1, 0.15) is 6.61 Å².